The summed E-state index contributed by atoms with van der Waals surface area (Å²) >= 11 is 0. The van der Waals surface area contributed by atoms with E-state index < -0.39 is 5.97 Å². The van der Waals surface area contributed by atoms with E-state index in [0.717, 1.165) is 32.1 Å². The molecular weight excluding hydrogens is 220 g/mol. The number of hydrogen-bond acceptors (Lipinski definition) is 4. The van der Waals surface area contributed by atoms with Gasteiger partial charge in [-0.3, -0.25) is 0 Å². The van der Waals surface area contributed by atoms with Gasteiger partial charge in [-0.1, -0.05) is 0 Å². The number of rotatable bonds is 2. The van der Waals surface area contributed by atoms with Crippen molar-refractivity contribution < 1.29 is 14.6 Å². The van der Waals surface area contributed by atoms with Crippen LogP contribution in [0.1, 0.15) is 10.4 Å². The number of ether oxygens (including phenoxy) is 1. The van der Waals surface area contributed by atoms with Crippen molar-refractivity contribution in [2.45, 2.75) is 0 Å². The fourth-order valence-corrected chi connectivity index (χ4v) is 2.57. The predicted octanol–water partition coefficient (Wildman–Crippen LogP) is 0.862. The van der Waals surface area contributed by atoms with Crippen molar-refractivity contribution in [1.29, 1.82) is 0 Å². The molecule has 17 heavy (non-hydrogen) atoms. The van der Waals surface area contributed by atoms with Crippen molar-refractivity contribution in [3.63, 3.8) is 0 Å². The molecule has 1 N–H and O–H groups in total. The first-order chi connectivity index (χ1) is 8.24. The monoisotopic (exact) mass is 234 g/mol. The molecule has 0 aliphatic carbocycles. The molecule has 5 nitrogen and oxygen atoms in total. The Hall–Kier alpha value is -1.62. The summed E-state index contributed by atoms with van der Waals surface area (Å²) in [4.78, 5) is 17.1. The highest BCUT2D eigenvalue weighted by Crippen LogP contribution is 2.31. The maximum atomic E-state index is 10.7. The molecule has 1 aromatic rings. The van der Waals surface area contributed by atoms with Gasteiger partial charge in [-0.25, -0.2) is 9.78 Å². The number of carboxylic acids is 1. The van der Waals surface area contributed by atoms with Gasteiger partial charge in [-0.15, -0.1) is 0 Å². The average molecular weight is 234 g/mol. The maximum absolute atomic E-state index is 10.7. The lowest BCUT2D eigenvalue weighted by Crippen LogP contribution is -2.23. The van der Waals surface area contributed by atoms with E-state index in [1.54, 1.807) is 12.1 Å². The van der Waals surface area contributed by atoms with Crippen molar-refractivity contribution in [2.75, 3.05) is 31.2 Å². The molecule has 0 saturated carbocycles. The lowest BCUT2D eigenvalue weighted by Gasteiger charge is -2.18. The third kappa shape index (κ3) is 1.86. The number of pyridine rings is 1. The second kappa shape index (κ2) is 4.00. The fraction of sp³-hybridized carbons (Fsp3) is 0.500. The predicted molar refractivity (Wildman–Crippen MR) is 61.2 cm³/mol. The van der Waals surface area contributed by atoms with E-state index in [1.807, 2.05) is 0 Å². The van der Waals surface area contributed by atoms with Gasteiger partial charge in [0, 0.05) is 31.1 Å². The van der Waals surface area contributed by atoms with Crippen LogP contribution in [0.3, 0.4) is 0 Å². The summed E-state index contributed by atoms with van der Waals surface area (Å²) < 4.78 is 5.42. The Kier molecular flexibility index (Phi) is 2.48. The highest BCUT2D eigenvalue weighted by Gasteiger charge is 2.37. The molecular formula is C12H14N2O3. The van der Waals surface area contributed by atoms with Crippen molar-refractivity contribution in [1.82, 2.24) is 4.98 Å². The minimum Gasteiger partial charge on any atom is -0.478 e. The van der Waals surface area contributed by atoms with Crippen molar-refractivity contribution in [2.24, 2.45) is 11.8 Å². The summed E-state index contributed by atoms with van der Waals surface area (Å²) in [6, 6.07) is 3.39. The van der Waals surface area contributed by atoms with Crippen molar-refractivity contribution in [3.8, 4) is 0 Å². The van der Waals surface area contributed by atoms with Crippen LogP contribution in [0.5, 0.6) is 0 Å². The molecule has 3 heterocycles. The second-order valence-electron chi connectivity index (χ2n) is 4.67. The Morgan fingerprint density at radius 2 is 2.06 bits per heavy atom. The number of aromatic carboxylic acids is 1. The zero-order chi connectivity index (χ0) is 11.8. The van der Waals surface area contributed by atoms with E-state index in [0.29, 0.717) is 11.8 Å². The summed E-state index contributed by atoms with van der Waals surface area (Å²) in [5, 5.41) is 8.80. The molecule has 0 radical (unpaired) electrons. The van der Waals surface area contributed by atoms with E-state index in [-0.39, 0.29) is 5.56 Å². The van der Waals surface area contributed by atoms with Crippen LogP contribution in [0, 0.1) is 11.8 Å². The van der Waals surface area contributed by atoms with Gasteiger partial charge in [0.2, 0.25) is 0 Å². The lowest BCUT2D eigenvalue weighted by molar-refractivity contribution is 0.0696. The first-order valence-electron chi connectivity index (χ1n) is 5.76. The van der Waals surface area contributed by atoms with Gasteiger partial charge in [0.25, 0.3) is 0 Å². The first kappa shape index (κ1) is 10.5. The highest BCUT2D eigenvalue weighted by atomic mass is 16.5. The van der Waals surface area contributed by atoms with Crippen LogP contribution in [-0.2, 0) is 4.74 Å². The number of fused-ring (bicyclic) bond motifs is 1. The number of carboxylic acid groups (broad SMARTS) is 1. The maximum Gasteiger partial charge on any atom is 0.337 e. The SMILES string of the molecule is O=C(O)c1ccc(N2CC3COCC3C2)nc1. The minimum atomic E-state index is -0.934. The molecule has 0 spiro atoms. The molecule has 2 aliphatic rings. The number of anilines is 1. The van der Waals surface area contributed by atoms with Crippen LogP contribution in [0.4, 0.5) is 5.82 Å². The molecule has 90 valence electrons. The van der Waals surface area contributed by atoms with E-state index in [4.69, 9.17) is 9.84 Å². The number of aromatic nitrogens is 1. The first-order valence-corrected chi connectivity index (χ1v) is 5.76. The highest BCUT2D eigenvalue weighted by molar-refractivity contribution is 5.87. The molecule has 2 unspecified atom stereocenters. The standard InChI is InChI=1S/C12H14N2O3/c15-12(16)8-1-2-11(13-3-8)14-4-9-6-17-7-10(9)5-14/h1-3,9-10H,4-7H2,(H,15,16). The molecule has 2 fully saturated rings. The van der Waals surface area contributed by atoms with E-state index in [9.17, 15) is 4.79 Å². The summed E-state index contributed by atoms with van der Waals surface area (Å²) in [6.45, 7) is 3.61. The fourth-order valence-electron chi connectivity index (χ4n) is 2.57. The average Bonchev–Trinajstić information content (AvgIpc) is 2.89. The Bertz CT molecular complexity index is 420. The Labute approximate surface area is 99.0 Å². The molecule has 2 saturated heterocycles. The third-order valence-corrected chi connectivity index (χ3v) is 3.56. The Balaban J connectivity index is 1.75. The number of hydrogen-bond donors (Lipinski definition) is 1. The van der Waals surface area contributed by atoms with Crippen molar-refractivity contribution >= 4 is 11.8 Å². The van der Waals surface area contributed by atoms with Gasteiger partial charge < -0.3 is 14.7 Å². The molecule has 2 atom stereocenters. The van der Waals surface area contributed by atoms with Gasteiger partial charge in [0.15, 0.2) is 0 Å². The molecule has 1 aromatic heterocycles. The summed E-state index contributed by atoms with van der Waals surface area (Å²) in [5.41, 5.74) is 0.233. The van der Waals surface area contributed by atoms with Gasteiger partial charge in [0.1, 0.15) is 5.82 Å². The largest absolute Gasteiger partial charge is 0.478 e. The second-order valence-corrected chi connectivity index (χ2v) is 4.67. The Morgan fingerprint density at radius 3 is 2.59 bits per heavy atom. The molecule has 5 heteroatoms. The van der Waals surface area contributed by atoms with Crippen LogP contribution in [0.15, 0.2) is 18.3 Å². The van der Waals surface area contributed by atoms with E-state index >= 15 is 0 Å². The topological polar surface area (TPSA) is 62.7 Å². The van der Waals surface area contributed by atoms with E-state index in [2.05, 4.69) is 9.88 Å². The van der Waals surface area contributed by atoms with Gasteiger partial charge >= 0.3 is 5.97 Å². The summed E-state index contributed by atoms with van der Waals surface area (Å²) in [7, 11) is 0. The van der Waals surface area contributed by atoms with Crippen LogP contribution in [0.2, 0.25) is 0 Å². The molecule has 3 rings (SSSR count). The zero-order valence-electron chi connectivity index (χ0n) is 9.37. The molecule has 0 aromatic carbocycles. The van der Waals surface area contributed by atoms with Gasteiger partial charge in [-0.2, -0.15) is 0 Å². The summed E-state index contributed by atoms with van der Waals surface area (Å²) in [5.74, 6) is 1.15. The van der Waals surface area contributed by atoms with Crippen molar-refractivity contribution in [3.05, 3.63) is 23.9 Å². The summed E-state index contributed by atoms with van der Waals surface area (Å²) in [6.07, 6.45) is 1.42. The van der Waals surface area contributed by atoms with Crippen LogP contribution >= 0.6 is 0 Å². The number of nitrogens with zero attached hydrogens (tertiary/aromatic N) is 2. The quantitative estimate of drug-likeness (QED) is 0.822. The zero-order valence-corrected chi connectivity index (χ0v) is 9.37. The molecule has 2 aliphatic heterocycles. The third-order valence-electron chi connectivity index (χ3n) is 3.56. The normalized spacial score (nSPS) is 27.2. The van der Waals surface area contributed by atoms with Gasteiger partial charge in [-0.05, 0) is 12.1 Å². The number of carbonyl (C=O) groups is 1. The van der Waals surface area contributed by atoms with Crippen LogP contribution in [0.25, 0.3) is 0 Å². The van der Waals surface area contributed by atoms with Gasteiger partial charge in [0.05, 0.1) is 18.8 Å². The molecule has 0 amide bonds. The Morgan fingerprint density at radius 1 is 1.35 bits per heavy atom. The lowest BCUT2D eigenvalue weighted by atomic mass is 10.0. The van der Waals surface area contributed by atoms with Crippen LogP contribution < -0.4 is 4.90 Å². The van der Waals surface area contributed by atoms with E-state index in [1.165, 1.54) is 6.20 Å². The minimum absolute atomic E-state index is 0.233. The van der Waals surface area contributed by atoms with Crippen LogP contribution in [-0.4, -0.2) is 42.4 Å². The smallest absolute Gasteiger partial charge is 0.337 e. The molecule has 0 bridgehead atoms.